The molecule has 0 aromatic rings. The van der Waals surface area contributed by atoms with Crippen molar-refractivity contribution in [1.82, 2.24) is 0 Å². The molecule has 0 saturated carbocycles. The van der Waals surface area contributed by atoms with Crippen LogP contribution in [-0.4, -0.2) is 51.0 Å². The average Bonchev–Trinajstić information content (AvgIpc) is 1.89. The number of hydrogen-bond donors (Lipinski definition) is 0. The van der Waals surface area contributed by atoms with Gasteiger partial charge < -0.3 is 0 Å². The Morgan fingerprint density at radius 2 is 1.89 bits per heavy atom. The van der Waals surface area contributed by atoms with Gasteiger partial charge in [0.15, 0.2) is 0 Å². The van der Waals surface area contributed by atoms with Crippen molar-refractivity contribution in [3.63, 3.8) is 0 Å². The molecule has 7 heteroatoms. The largest absolute Gasteiger partial charge is 0.0970 e. The normalized spacial score (nSPS) is 7.56. The van der Waals surface area contributed by atoms with E-state index in [-0.39, 0.29) is 0 Å². The van der Waals surface area contributed by atoms with Crippen molar-refractivity contribution >= 4 is 51.0 Å². The lowest BCUT2D eigenvalue weighted by Crippen LogP contribution is -2.23. The van der Waals surface area contributed by atoms with Gasteiger partial charge in [0, 0.05) is 36.0 Å². The molecule has 0 N–H and O–H groups in total. The molecule has 0 amide bonds. The van der Waals surface area contributed by atoms with Gasteiger partial charge in [0.1, 0.15) is 0 Å². The standard InChI is InChI=1S/C2H4B7/c3-1-2-5-7-9-8-6-4/h1-2H2. The Hall–Kier alpha value is 0.455. The van der Waals surface area contributed by atoms with E-state index in [9.17, 15) is 0 Å². The third kappa shape index (κ3) is 8.45. The first kappa shape index (κ1) is 9.45. The summed E-state index contributed by atoms with van der Waals surface area (Å²) in [7, 11) is 19.4. The maximum Gasteiger partial charge on any atom is 0.0643 e. The lowest BCUT2D eigenvalue weighted by atomic mass is 8.98. The van der Waals surface area contributed by atoms with Crippen LogP contribution in [0.5, 0.6) is 0 Å². The minimum Gasteiger partial charge on any atom is -0.0970 e. The van der Waals surface area contributed by atoms with E-state index in [0.717, 1.165) is 6.32 Å². The summed E-state index contributed by atoms with van der Waals surface area (Å²) in [6.45, 7) is 0. The van der Waals surface area contributed by atoms with E-state index >= 15 is 0 Å². The fourth-order valence-corrected chi connectivity index (χ4v) is 0.399. The van der Waals surface area contributed by atoms with Gasteiger partial charge in [-0.15, -0.1) is 0 Å². The van der Waals surface area contributed by atoms with Gasteiger partial charge in [-0.05, 0) is 0 Å². The quantitative estimate of drug-likeness (QED) is 0.277. The highest BCUT2D eigenvalue weighted by Gasteiger charge is 1.90. The molecular formula is C2H4B7. The van der Waals surface area contributed by atoms with Gasteiger partial charge in [0.25, 0.3) is 0 Å². The zero-order valence-corrected chi connectivity index (χ0v) is 5.46. The molecule has 0 unspecified atom stereocenters. The maximum absolute atomic E-state index is 5.24. The molecule has 0 rings (SSSR count). The van der Waals surface area contributed by atoms with Crippen LogP contribution >= 0.6 is 0 Å². The fourth-order valence-electron chi connectivity index (χ4n) is 0.399. The van der Waals surface area contributed by atoms with Gasteiger partial charge in [-0.25, -0.2) is 0 Å². The first-order valence-corrected chi connectivity index (χ1v) is 2.98. The van der Waals surface area contributed by atoms with Gasteiger partial charge >= 0.3 is 0 Å². The van der Waals surface area contributed by atoms with Crippen LogP contribution in [0.2, 0.25) is 12.6 Å². The van der Waals surface area contributed by atoms with E-state index in [1.807, 2.05) is 21.3 Å². The SMILES string of the molecule is [B][B][B][B][B][B]CC[B]. The van der Waals surface area contributed by atoms with Crippen molar-refractivity contribution < 1.29 is 0 Å². The van der Waals surface area contributed by atoms with Gasteiger partial charge in [0.2, 0.25) is 0 Å². The van der Waals surface area contributed by atoms with Crippen LogP contribution in [0.3, 0.4) is 0 Å². The summed E-state index contributed by atoms with van der Waals surface area (Å²) in [4.78, 5) is 0. The summed E-state index contributed by atoms with van der Waals surface area (Å²) in [6.07, 6.45) is 1.63. The Kier molecular flexibility index (Phi) is 8.88. The third-order valence-electron chi connectivity index (χ3n) is 0.803. The predicted molar refractivity (Wildman–Crippen MR) is 49.9 cm³/mol. The second kappa shape index (κ2) is 8.45. The van der Waals surface area contributed by atoms with Crippen molar-refractivity contribution in [2.75, 3.05) is 0 Å². The van der Waals surface area contributed by atoms with Crippen molar-refractivity contribution in [2.24, 2.45) is 0 Å². The molecule has 0 nitrogen and oxygen atoms in total. The number of hydrogen-bond acceptors (Lipinski definition) is 0. The van der Waals surface area contributed by atoms with E-state index < -0.39 is 0 Å². The summed E-state index contributed by atoms with van der Waals surface area (Å²) >= 11 is 0. The maximum atomic E-state index is 5.24. The van der Waals surface area contributed by atoms with Crippen LogP contribution < -0.4 is 0 Å². The summed E-state index contributed by atoms with van der Waals surface area (Å²) in [5.74, 6) is 0. The monoisotopic (exact) mass is 105 g/mol. The summed E-state index contributed by atoms with van der Waals surface area (Å²) in [5, 5.41) is 0. The van der Waals surface area contributed by atoms with Crippen LogP contribution in [-0.2, 0) is 0 Å². The predicted octanol–water partition coefficient (Wildman–Crippen LogP) is -1.74. The van der Waals surface area contributed by atoms with E-state index in [1.165, 1.54) is 7.06 Å². The minimum absolute atomic E-state index is 0.705. The molecule has 9 heavy (non-hydrogen) atoms. The highest BCUT2D eigenvalue weighted by atomic mass is 13.4. The van der Waals surface area contributed by atoms with E-state index in [0.29, 0.717) is 6.32 Å². The molecule has 0 saturated heterocycles. The second-order valence-electron chi connectivity index (χ2n) is 1.58. The average molecular weight is 104 g/mol. The Morgan fingerprint density at radius 1 is 1.11 bits per heavy atom. The third-order valence-corrected chi connectivity index (χ3v) is 0.803. The first-order valence-electron chi connectivity index (χ1n) is 2.98. The van der Waals surface area contributed by atoms with Crippen molar-refractivity contribution in [3.05, 3.63) is 0 Å². The van der Waals surface area contributed by atoms with Gasteiger partial charge in [-0.1, -0.05) is 12.6 Å². The smallest absolute Gasteiger partial charge is 0.0643 e. The summed E-state index contributed by atoms with van der Waals surface area (Å²) in [6, 6.07) is 0. The molecule has 9 radical (unpaired) electrons. The lowest BCUT2D eigenvalue weighted by molar-refractivity contribution is 1.45. The highest BCUT2D eigenvalue weighted by Crippen LogP contribution is 1.79. The molecule has 0 atom stereocenters. The second-order valence-corrected chi connectivity index (χ2v) is 1.58. The Labute approximate surface area is 64.3 Å². The molecule has 0 aliphatic rings. The van der Waals surface area contributed by atoms with Crippen LogP contribution in [0.25, 0.3) is 0 Å². The number of rotatable bonds is 6. The Bertz CT molecular complexity index is 40.2. The van der Waals surface area contributed by atoms with Gasteiger partial charge in [-0.3, -0.25) is 0 Å². The molecule has 33 valence electrons. The first-order chi connectivity index (χ1) is 4.41. The molecule has 0 aliphatic carbocycles. The van der Waals surface area contributed by atoms with Crippen molar-refractivity contribution in [1.29, 1.82) is 0 Å². The molecule has 0 aliphatic heterocycles. The lowest BCUT2D eigenvalue weighted by Gasteiger charge is -1.91. The molecule has 0 bridgehead atoms. The van der Waals surface area contributed by atoms with Crippen molar-refractivity contribution in [2.45, 2.75) is 12.6 Å². The van der Waals surface area contributed by atoms with Crippen LogP contribution in [0.1, 0.15) is 0 Å². The molecule has 0 heterocycles. The van der Waals surface area contributed by atoms with Gasteiger partial charge in [-0.2, -0.15) is 0 Å². The molecule has 0 fully saturated rings. The van der Waals surface area contributed by atoms with Crippen LogP contribution in [0.15, 0.2) is 0 Å². The summed E-state index contributed by atoms with van der Waals surface area (Å²) in [5.41, 5.74) is 0. The summed E-state index contributed by atoms with van der Waals surface area (Å²) < 4.78 is 0. The molecule has 0 spiro atoms. The fraction of sp³-hybridized carbons (Fsp3) is 1.00. The Morgan fingerprint density at radius 3 is 2.44 bits per heavy atom. The highest BCUT2D eigenvalue weighted by molar-refractivity contribution is 7.57. The van der Waals surface area contributed by atoms with Crippen LogP contribution in [0.4, 0.5) is 0 Å². The van der Waals surface area contributed by atoms with E-state index in [1.54, 1.807) is 7.06 Å². The van der Waals surface area contributed by atoms with Crippen LogP contribution in [0, 0.1) is 0 Å². The zero-order chi connectivity index (χ0) is 6.95. The van der Waals surface area contributed by atoms with E-state index in [2.05, 4.69) is 0 Å². The Balaban J connectivity index is 2.60. The van der Waals surface area contributed by atoms with E-state index in [4.69, 9.17) is 15.6 Å². The van der Waals surface area contributed by atoms with Crippen molar-refractivity contribution in [3.8, 4) is 0 Å². The zero-order valence-electron chi connectivity index (χ0n) is 5.46. The van der Waals surface area contributed by atoms with Gasteiger partial charge in [0.05, 0.1) is 15.0 Å². The molecular weight excluding hydrogens is 99.7 g/mol. The molecule has 0 aromatic heterocycles. The molecule has 0 aromatic carbocycles. The minimum atomic E-state index is 0.705. The topological polar surface area (TPSA) is 0 Å².